The average Bonchev–Trinajstić information content (AvgIpc) is 3.00. The molecule has 0 aromatic rings. The predicted molar refractivity (Wildman–Crippen MR) is 168 cm³/mol. The van der Waals surface area contributed by atoms with E-state index in [1.165, 1.54) is 11.1 Å². The summed E-state index contributed by atoms with van der Waals surface area (Å²) in [6.07, 6.45) is -0.0887. The lowest BCUT2D eigenvalue weighted by Gasteiger charge is -2.70. The van der Waals surface area contributed by atoms with Crippen LogP contribution in [0.25, 0.3) is 0 Å². The number of carbonyl (C=O) groups is 1. The second-order valence-corrected chi connectivity index (χ2v) is 17.6. The molecular formula is C36H58O10. The number of carboxylic acid groups (broad SMARTS) is 1. The summed E-state index contributed by atoms with van der Waals surface area (Å²) >= 11 is 0. The molecule has 0 spiro atoms. The lowest BCUT2D eigenvalue weighted by molar-refractivity contribution is -0.324. The molecule has 6 aliphatic rings. The first-order valence-electron chi connectivity index (χ1n) is 17.6. The van der Waals surface area contributed by atoms with E-state index in [2.05, 4.69) is 27.7 Å². The van der Waals surface area contributed by atoms with Crippen LogP contribution in [0, 0.1) is 44.3 Å². The first-order chi connectivity index (χ1) is 21.4. The molecule has 5 fully saturated rings. The normalized spacial score (nSPS) is 55.5. The van der Waals surface area contributed by atoms with Crippen LogP contribution in [0.4, 0.5) is 0 Å². The van der Waals surface area contributed by atoms with Crippen LogP contribution in [-0.4, -0.2) is 97.8 Å². The maximum atomic E-state index is 12.7. The third-order valence-corrected chi connectivity index (χ3v) is 15.5. The van der Waals surface area contributed by atoms with Gasteiger partial charge in [-0.25, -0.2) is 0 Å². The third-order valence-electron chi connectivity index (χ3n) is 15.5. The van der Waals surface area contributed by atoms with Crippen molar-refractivity contribution in [3.8, 4) is 0 Å². The van der Waals surface area contributed by atoms with Crippen molar-refractivity contribution in [2.75, 3.05) is 13.2 Å². The van der Waals surface area contributed by atoms with E-state index in [9.17, 15) is 40.5 Å². The minimum Gasteiger partial charge on any atom is -0.481 e. The number of ether oxygens (including phenoxy) is 2. The molecule has 0 bridgehead atoms. The molecule has 1 saturated heterocycles. The Kier molecular flexibility index (Phi) is 8.46. The van der Waals surface area contributed by atoms with E-state index in [-0.39, 0.29) is 34.2 Å². The maximum Gasteiger partial charge on any atom is 0.312 e. The van der Waals surface area contributed by atoms with Crippen LogP contribution in [0.3, 0.4) is 0 Å². The lowest BCUT2D eigenvalue weighted by Crippen LogP contribution is -2.66. The number of carboxylic acids is 1. The highest BCUT2D eigenvalue weighted by Gasteiger charge is 2.69. The summed E-state index contributed by atoms with van der Waals surface area (Å²) in [4.78, 5) is 12.7. The molecule has 0 unspecified atom stereocenters. The highest BCUT2D eigenvalue weighted by Crippen LogP contribution is 2.75. The van der Waals surface area contributed by atoms with Gasteiger partial charge in [0.15, 0.2) is 6.29 Å². The van der Waals surface area contributed by atoms with Crippen molar-refractivity contribution >= 4 is 5.97 Å². The van der Waals surface area contributed by atoms with Gasteiger partial charge >= 0.3 is 5.97 Å². The Morgan fingerprint density at radius 2 is 1.54 bits per heavy atom. The first-order valence-corrected chi connectivity index (χ1v) is 17.6. The summed E-state index contributed by atoms with van der Waals surface area (Å²) in [7, 11) is 0. The zero-order valence-corrected chi connectivity index (χ0v) is 28.5. The van der Waals surface area contributed by atoms with Crippen LogP contribution in [0.1, 0.15) is 106 Å². The van der Waals surface area contributed by atoms with E-state index in [1.54, 1.807) is 6.92 Å². The van der Waals surface area contributed by atoms with Gasteiger partial charge in [0.25, 0.3) is 0 Å². The highest BCUT2D eigenvalue weighted by atomic mass is 16.7. The van der Waals surface area contributed by atoms with Crippen molar-refractivity contribution in [1.29, 1.82) is 0 Å². The summed E-state index contributed by atoms with van der Waals surface area (Å²) in [5, 5.41) is 73.3. The molecule has 15 atom stereocenters. The van der Waals surface area contributed by atoms with E-state index in [0.29, 0.717) is 25.2 Å². The van der Waals surface area contributed by atoms with Gasteiger partial charge in [-0.3, -0.25) is 4.79 Å². The van der Waals surface area contributed by atoms with Crippen LogP contribution >= 0.6 is 0 Å². The summed E-state index contributed by atoms with van der Waals surface area (Å²) in [5.74, 6) is -0.638. The van der Waals surface area contributed by atoms with E-state index in [0.717, 1.165) is 44.9 Å². The molecule has 4 saturated carbocycles. The number of hydrogen-bond acceptors (Lipinski definition) is 9. The van der Waals surface area contributed by atoms with Gasteiger partial charge in [-0.1, -0.05) is 45.8 Å². The Labute approximate surface area is 273 Å². The van der Waals surface area contributed by atoms with Gasteiger partial charge in [-0.2, -0.15) is 0 Å². The molecule has 0 amide bonds. The van der Waals surface area contributed by atoms with Gasteiger partial charge in [0.05, 0.1) is 30.8 Å². The Morgan fingerprint density at radius 3 is 2.17 bits per heavy atom. The largest absolute Gasteiger partial charge is 0.481 e. The fourth-order valence-electron chi connectivity index (χ4n) is 12.1. The van der Waals surface area contributed by atoms with Crippen LogP contribution < -0.4 is 0 Å². The van der Waals surface area contributed by atoms with Gasteiger partial charge in [-0.05, 0) is 105 Å². The fourth-order valence-corrected chi connectivity index (χ4v) is 12.1. The van der Waals surface area contributed by atoms with Crippen molar-refractivity contribution in [3.05, 3.63) is 11.1 Å². The SMILES string of the molecule is C[C@@]12CC[C@]3(C)C(=C1C[C@@](C)(CO)[C@H](O[C@H]1O[C@H](CO)[C@H](O)[C@@H](O)[C@H]1O)C2)CC[C@@H]1[C@@]2(C)CC[C@H](O)[C@](C)(C(=O)O)[C@H]2CC[C@]13C. The number of aliphatic hydroxyl groups excluding tert-OH is 6. The number of rotatable bonds is 5. The molecule has 7 N–H and O–H groups in total. The highest BCUT2D eigenvalue weighted by molar-refractivity contribution is 5.76. The van der Waals surface area contributed by atoms with Gasteiger partial charge in [0, 0.05) is 5.41 Å². The monoisotopic (exact) mass is 650 g/mol. The Morgan fingerprint density at radius 1 is 0.848 bits per heavy atom. The number of aliphatic hydroxyl groups is 6. The van der Waals surface area contributed by atoms with Crippen LogP contribution in [0.2, 0.25) is 0 Å². The standard InChI is InChI=1S/C36H58O10/c1-31-13-14-34(4)19(7-8-22-33(3)11-10-24(39)36(6,30(43)44)23(33)9-12-35(22,34)5)20(31)15-32(2,18-38)25(16-31)46-29-28(42)27(41)26(40)21(17-37)45-29/h21-29,37-42H,7-18H2,1-6H3,(H,43,44)/t21-,22-,23+,24+,25-,26+,27-,28-,29-,31+,32+,33-,34-,35-,36-/m1/s1. The number of aliphatic carboxylic acids is 1. The molecule has 10 heteroatoms. The predicted octanol–water partition coefficient (Wildman–Crippen LogP) is 3.15. The molecule has 262 valence electrons. The smallest absolute Gasteiger partial charge is 0.312 e. The number of fused-ring (bicyclic) bond motifs is 6. The molecule has 1 aliphatic heterocycles. The van der Waals surface area contributed by atoms with Crippen molar-refractivity contribution in [2.24, 2.45) is 44.3 Å². The lowest BCUT2D eigenvalue weighted by atomic mass is 9.34. The van der Waals surface area contributed by atoms with E-state index >= 15 is 0 Å². The van der Waals surface area contributed by atoms with Crippen LogP contribution in [0.15, 0.2) is 11.1 Å². The van der Waals surface area contributed by atoms with Gasteiger partial charge in [-0.15, -0.1) is 0 Å². The summed E-state index contributed by atoms with van der Waals surface area (Å²) in [6, 6.07) is 0. The second-order valence-electron chi connectivity index (χ2n) is 17.6. The summed E-state index contributed by atoms with van der Waals surface area (Å²) in [5.41, 5.74) is 0.526. The van der Waals surface area contributed by atoms with E-state index in [4.69, 9.17) is 9.47 Å². The summed E-state index contributed by atoms with van der Waals surface area (Å²) < 4.78 is 12.1. The number of hydrogen-bond donors (Lipinski definition) is 7. The zero-order valence-electron chi connectivity index (χ0n) is 28.5. The van der Waals surface area contributed by atoms with Gasteiger partial charge in [0.2, 0.25) is 0 Å². The van der Waals surface area contributed by atoms with Crippen LogP contribution in [-0.2, 0) is 14.3 Å². The van der Waals surface area contributed by atoms with E-state index < -0.39 is 66.3 Å². The van der Waals surface area contributed by atoms with Crippen molar-refractivity contribution in [2.45, 2.75) is 149 Å². The van der Waals surface area contributed by atoms with Crippen LogP contribution in [0.5, 0.6) is 0 Å². The Balaban J connectivity index is 1.33. The second kappa shape index (κ2) is 11.2. The topological polar surface area (TPSA) is 177 Å². The summed E-state index contributed by atoms with van der Waals surface area (Å²) in [6.45, 7) is 12.6. The molecule has 46 heavy (non-hydrogen) atoms. The molecular weight excluding hydrogens is 592 g/mol. The first kappa shape index (κ1) is 34.7. The zero-order chi connectivity index (χ0) is 33.8. The minimum absolute atomic E-state index is 0.0405. The molecule has 6 rings (SSSR count). The van der Waals surface area contributed by atoms with Crippen molar-refractivity contribution in [3.63, 3.8) is 0 Å². The minimum atomic E-state index is -1.53. The molecule has 0 aromatic heterocycles. The molecule has 10 nitrogen and oxygen atoms in total. The quantitative estimate of drug-likeness (QED) is 0.219. The average molecular weight is 651 g/mol. The van der Waals surface area contributed by atoms with Crippen molar-refractivity contribution < 1.29 is 50.0 Å². The molecule has 5 aliphatic carbocycles. The molecule has 1 heterocycles. The van der Waals surface area contributed by atoms with Crippen molar-refractivity contribution in [1.82, 2.24) is 0 Å². The van der Waals surface area contributed by atoms with E-state index in [1.807, 2.05) is 6.92 Å². The Bertz CT molecular complexity index is 1250. The third kappa shape index (κ3) is 4.53. The number of allylic oxidation sites excluding steroid dienone is 2. The molecule has 0 aromatic carbocycles. The maximum absolute atomic E-state index is 12.7. The fraction of sp³-hybridized carbons (Fsp3) is 0.917. The van der Waals surface area contributed by atoms with Gasteiger partial charge in [0.1, 0.15) is 24.4 Å². The van der Waals surface area contributed by atoms with Gasteiger partial charge < -0.3 is 45.2 Å². The Hall–Kier alpha value is -1.11. The molecule has 0 radical (unpaired) electrons.